The summed E-state index contributed by atoms with van der Waals surface area (Å²) in [7, 11) is 0. The van der Waals surface area contributed by atoms with Gasteiger partial charge in [0.05, 0.1) is 5.56 Å². The van der Waals surface area contributed by atoms with Crippen molar-refractivity contribution in [3.63, 3.8) is 0 Å². The molecule has 1 aromatic heterocycles. The average molecular weight is 209 g/mol. The van der Waals surface area contributed by atoms with E-state index in [0.717, 1.165) is 0 Å². The van der Waals surface area contributed by atoms with Gasteiger partial charge in [-0.15, -0.1) is 0 Å². The van der Waals surface area contributed by atoms with Crippen LogP contribution in [0.1, 0.15) is 23.2 Å². The molecule has 5 heteroatoms. The minimum Gasteiger partial charge on any atom is -0.341 e. The van der Waals surface area contributed by atoms with E-state index in [1.165, 1.54) is 12.4 Å². The van der Waals surface area contributed by atoms with E-state index in [9.17, 15) is 9.18 Å². The van der Waals surface area contributed by atoms with Crippen molar-refractivity contribution < 1.29 is 9.18 Å². The highest BCUT2D eigenvalue weighted by atomic mass is 19.1. The van der Waals surface area contributed by atoms with Crippen molar-refractivity contribution >= 4 is 12.2 Å². The fraction of sp³-hybridized carbons (Fsp3) is 0.500. The van der Waals surface area contributed by atoms with Gasteiger partial charge in [-0.2, -0.15) is 0 Å². The molecule has 0 amide bonds. The number of nitrogens with zero attached hydrogens (tertiary/aromatic N) is 3. The molecule has 80 valence electrons. The van der Waals surface area contributed by atoms with Gasteiger partial charge in [0.2, 0.25) is 5.95 Å². The fourth-order valence-electron chi connectivity index (χ4n) is 1.60. The van der Waals surface area contributed by atoms with Crippen molar-refractivity contribution in [1.29, 1.82) is 0 Å². The zero-order valence-corrected chi connectivity index (χ0v) is 8.27. The molecule has 0 radical (unpaired) electrons. The Labute approximate surface area is 87.1 Å². The minimum absolute atomic E-state index is 0.458. The number of aldehydes is 1. The number of alkyl halides is 1. The number of carbonyl (C=O) groups is 1. The molecule has 0 unspecified atom stereocenters. The van der Waals surface area contributed by atoms with Crippen LogP contribution in [0.3, 0.4) is 0 Å². The quantitative estimate of drug-likeness (QED) is 0.687. The van der Waals surface area contributed by atoms with Crippen molar-refractivity contribution in [3.05, 3.63) is 18.0 Å². The van der Waals surface area contributed by atoms with E-state index < -0.39 is 6.17 Å². The fourth-order valence-corrected chi connectivity index (χ4v) is 1.60. The van der Waals surface area contributed by atoms with E-state index in [2.05, 4.69) is 9.97 Å². The Balaban J connectivity index is 2.06. The lowest BCUT2D eigenvalue weighted by Crippen LogP contribution is -2.35. The van der Waals surface area contributed by atoms with E-state index in [1.54, 1.807) is 0 Å². The summed E-state index contributed by atoms with van der Waals surface area (Å²) in [5.74, 6) is 0.576. The van der Waals surface area contributed by atoms with Crippen molar-refractivity contribution in [3.8, 4) is 0 Å². The van der Waals surface area contributed by atoms with E-state index >= 15 is 0 Å². The number of aromatic nitrogens is 2. The van der Waals surface area contributed by atoms with E-state index in [0.29, 0.717) is 43.7 Å². The summed E-state index contributed by atoms with van der Waals surface area (Å²) in [4.78, 5) is 20.4. The minimum atomic E-state index is -0.699. The second-order valence-electron chi connectivity index (χ2n) is 3.60. The van der Waals surface area contributed by atoms with E-state index in [1.807, 2.05) is 4.90 Å². The smallest absolute Gasteiger partial charge is 0.225 e. The first-order chi connectivity index (χ1) is 7.29. The highest BCUT2D eigenvalue weighted by Crippen LogP contribution is 2.17. The zero-order valence-electron chi connectivity index (χ0n) is 8.27. The lowest BCUT2D eigenvalue weighted by molar-refractivity contribution is 0.112. The third-order valence-corrected chi connectivity index (χ3v) is 2.50. The molecular weight excluding hydrogens is 197 g/mol. The second-order valence-corrected chi connectivity index (χ2v) is 3.60. The average Bonchev–Trinajstić information content (AvgIpc) is 2.30. The van der Waals surface area contributed by atoms with Crippen LogP contribution in [-0.2, 0) is 0 Å². The lowest BCUT2D eigenvalue weighted by atomic mass is 10.1. The molecule has 2 rings (SSSR count). The Morgan fingerprint density at radius 1 is 1.33 bits per heavy atom. The number of hydrogen-bond donors (Lipinski definition) is 0. The molecule has 0 atom stereocenters. The van der Waals surface area contributed by atoms with Crippen molar-refractivity contribution in [1.82, 2.24) is 9.97 Å². The van der Waals surface area contributed by atoms with E-state index in [4.69, 9.17) is 0 Å². The van der Waals surface area contributed by atoms with Crippen LogP contribution in [0.4, 0.5) is 10.3 Å². The highest BCUT2D eigenvalue weighted by molar-refractivity contribution is 5.73. The first kappa shape index (κ1) is 10.0. The topological polar surface area (TPSA) is 46.1 Å². The van der Waals surface area contributed by atoms with Crippen LogP contribution in [0, 0.1) is 0 Å². The Morgan fingerprint density at radius 3 is 2.47 bits per heavy atom. The number of halogens is 1. The Hall–Kier alpha value is -1.52. The van der Waals surface area contributed by atoms with Gasteiger partial charge in [0.15, 0.2) is 6.29 Å². The summed E-state index contributed by atoms with van der Waals surface area (Å²) in [6.07, 6.45) is 4.03. The molecule has 0 aliphatic carbocycles. The molecule has 0 spiro atoms. The number of carbonyl (C=O) groups excluding carboxylic acids is 1. The first-order valence-corrected chi connectivity index (χ1v) is 4.96. The van der Waals surface area contributed by atoms with Crippen LogP contribution in [-0.4, -0.2) is 35.5 Å². The molecule has 1 saturated heterocycles. The Bertz CT molecular complexity index is 333. The Kier molecular flexibility index (Phi) is 2.89. The number of piperidine rings is 1. The maximum atomic E-state index is 12.9. The van der Waals surface area contributed by atoms with Crippen molar-refractivity contribution in [2.75, 3.05) is 18.0 Å². The van der Waals surface area contributed by atoms with Crippen LogP contribution >= 0.6 is 0 Å². The van der Waals surface area contributed by atoms with Gasteiger partial charge in [0.1, 0.15) is 6.17 Å². The molecule has 1 aromatic rings. The van der Waals surface area contributed by atoms with Gasteiger partial charge in [0.25, 0.3) is 0 Å². The molecule has 4 nitrogen and oxygen atoms in total. The normalized spacial score (nSPS) is 17.8. The molecule has 15 heavy (non-hydrogen) atoms. The molecule has 1 aliphatic heterocycles. The van der Waals surface area contributed by atoms with Gasteiger partial charge in [-0.05, 0) is 12.8 Å². The predicted molar refractivity (Wildman–Crippen MR) is 53.8 cm³/mol. The van der Waals surface area contributed by atoms with Gasteiger partial charge in [-0.25, -0.2) is 14.4 Å². The maximum absolute atomic E-state index is 12.9. The zero-order chi connectivity index (χ0) is 10.7. The maximum Gasteiger partial charge on any atom is 0.225 e. The number of hydrogen-bond acceptors (Lipinski definition) is 4. The first-order valence-electron chi connectivity index (χ1n) is 4.96. The summed E-state index contributed by atoms with van der Waals surface area (Å²) in [6, 6.07) is 0. The molecular formula is C10H12FN3O. The monoisotopic (exact) mass is 209 g/mol. The Morgan fingerprint density at radius 2 is 1.93 bits per heavy atom. The standard InChI is InChI=1S/C10H12FN3O/c11-9-1-3-14(4-2-9)10-12-5-8(7-15)6-13-10/h5-7,9H,1-4H2. The molecule has 1 aliphatic rings. The molecule has 0 N–H and O–H groups in total. The largest absolute Gasteiger partial charge is 0.341 e. The van der Waals surface area contributed by atoms with Crippen LogP contribution in [0.5, 0.6) is 0 Å². The van der Waals surface area contributed by atoms with Crippen LogP contribution in [0.2, 0.25) is 0 Å². The van der Waals surface area contributed by atoms with Gasteiger partial charge >= 0.3 is 0 Å². The van der Waals surface area contributed by atoms with Crippen LogP contribution in [0.15, 0.2) is 12.4 Å². The van der Waals surface area contributed by atoms with Gasteiger partial charge in [-0.3, -0.25) is 4.79 Å². The van der Waals surface area contributed by atoms with E-state index in [-0.39, 0.29) is 0 Å². The lowest BCUT2D eigenvalue weighted by Gasteiger charge is -2.28. The summed E-state index contributed by atoms with van der Waals surface area (Å²) < 4.78 is 12.9. The SMILES string of the molecule is O=Cc1cnc(N2CCC(F)CC2)nc1. The van der Waals surface area contributed by atoms with Gasteiger partial charge in [0, 0.05) is 25.5 Å². The van der Waals surface area contributed by atoms with Crippen molar-refractivity contribution in [2.24, 2.45) is 0 Å². The van der Waals surface area contributed by atoms with Gasteiger partial charge in [-0.1, -0.05) is 0 Å². The molecule has 2 heterocycles. The van der Waals surface area contributed by atoms with Gasteiger partial charge < -0.3 is 4.90 Å². The summed E-state index contributed by atoms with van der Waals surface area (Å²) in [6.45, 7) is 1.28. The molecule has 0 aromatic carbocycles. The molecule has 0 bridgehead atoms. The predicted octanol–water partition coefficient (Wildman–Crippen LogP) is 1.23. The number of rotatable bonds is 2. The third kappa shape index (κ3) is 2.29. The molecule has 0 saturated carbocycles. The number of anilines is 1. The highest BCUT2D eigenvalue weighted by Gasteiger charge is 2.19. The van der Waals surface area contributed by atoms with Crippen molar-refractivity contribution in [2.45, 2.75) is 19.0 Å². The summed E-state index contributed by atoms with van der Waals surface area (Å²) >= 11 is 0. The molecule has 1 fully saturated rings. The third-order valence-electron chi connectivity index (χ3n) is 2.50. The summed E-state index contributed by atoms with van der Waals surface area (Å²) in [5, 5.41) is 0. The summed E-state index contributed by atoms with van der Waals surface area (Å²) in [5.41, 5.74) is 0.458. The second kappa shape index (κ2) is 4.33. The van der Waals surface area contributed by atoms with Crippen LogP contribution < -0.4 is 4.90 Å². The van der Waals surface area contributed by atoms with Crippen LogP contribution in [0.25, 0.3) is 0 Å².